The van der Waals surface area contributed by atoms with Crippen LogP contribution in [0.2, 0.25) is 0 Å². The van der Waals surface area contributed by atoms with Crippen molar-refractivity contribution in [2.75, 3.05) is 19.7 Å². The molecule has 2 fully saturated rings. The first-order chi connectivity index (χ1) is 14.0. The molecule has 12 heteroatoms. The van der Waals surface area contributed by atoms with Crippen LogP contribution in [0.4, 0.5) is 4.79 Å². The van der Waals surface area contributed by atoms with E-state index in [2.05, 4.69) is 10.9 Å². The van der Waals surface area contributed by atoms with E-state index in [0.29, 0.717) is 43.9 Å². The van der Waals surface area contributed by atoms with Crippen LogP contribution in [-0.4, -0.2) is 64.1 Å². The van der Waals surface area contributed by atoms with Crippen LogP contribution in [0.25, 0.3) is 0 Å². The van der Waals surface area contributed by atoms with Gasteiger partial charge in [-0.05, 0) is 18.9 Å². The lowest BCUT2D eigenvalue weighted by Crippen LogP contribution is -2.54. The maximum absolute atomic E-state index is 12.5. The van der Waals surface area contributed by atoms with Gasteiger partial charge in [0.1, 0.15) is 18.4 Å². The summed E-state index contributed by atoms with van der Waals surface area (Å²) in [7, 11) is 0. The Kier molecular flexibility index (Phi) is 7.14. The molecule has 29 heavy (non-hydrogen) atoms. The highest BCUT2D eigenvalue weighted by atomic mass is 32.2. The zero-order valence-corrected chi connectivity index (χ0v) is 16.4. The van der Waals surface area contributed by atoms with Gasteiger partial charge in [-0.25, -0.2) is 4.79 Å². The van der Waals surface area contributed by atoms with Gasteiger partial charge in [-0.2, -0.15) is 9.35 Å². The maximum Gasteiger partial charge on any atom is 0.346 e. The lowest BCUT2D eigenvalue weighted by molar-refractivity contribution is -0.131. The van der Waals surface area contributed by atoms with Crippen molar-refractivity contribution in [1.29, 1.82) is 0 Å². The summed E-state index contributed by atoms with van der Waals surface area (Å²) in [5.74, 6) is -0.358. The predicted molar refractivity (Wildman–Crippen MR) is 103 cm³/mol. The highest BCUT2D eigenvalue weighted by Gasteiger charge is 2.48. The van der Waals surface area contributed by atoms with Crippen molar-refractivity contribution in [2.45, 2.75) is 31.3 Å². The van der Waals surface area contributed by atoms with Gasteiger partial charge in [-0.1, -0.05) is 18.2 Å². The highest BCUT2D eigenvalue weighted by Crippen LogP contribution is 2.31. The number of carbonyl (C=O) groups excluding carboxylic acids is 3. The van der Waals surface area contributed by atoms with Crippen LogP contribution in [0.15, 0.2) is 24.3 Å². The molecule has 158 valence electrons. The number of benzene rings is 1. The number of carbonyl (C=O) groups is 3. The number of urea groups is 1. The van der Waals surface area contributed by atoms with Gasteiger partial charge in [0.05, 0.1) is 12.5 Å². The number of hydrogen-bond acceptors (Lipinski definition) is 8. The molecule has 0 radical (unpaired) electrons. The molecular weight excluding hydrogens is 402 g/mol. The molecule has 1 unspecified atom stereocenters. The summed E-state index contributed by atoms with van der Waals surface area (Å²) in [6.45, 7) is 1.00. The number of piperidine rings is 1. The van der Waals surface area contributed by atoms with Gasteiger partial charge in [-0.15, -0.1) is 0 Å². The average Bonchev–Trinajstić information content (AvgIpc) is 2.96. The summed E-state index contributed by atoms with van der Waals surface area (Å²) in [6.07, 6.45) is 0.969. The van der Waals surface area contributed by atoms with Gasteiger partial charge in [0.15, 0.2) is 12.3 Å². The molecule has 11 nitrogen and oxygen atoms in total. The summed E-state index contributed by atoms with van der Waals surface area (Å²) in [5, 5.41) is 1.06. The number of nitrogens with one attached hydrogen (secondary N) is 2. The molecule has 2 atom stereocenters. The van der Waals surface area contributed by atoms with Gasteiger partial charge in [0, 0.05) is 18.7 Å². The summed E-state index contributed by atoms with van der Waals surface area (Å²) in [4.78, 5) is 38.4. The third-order valence-corrected chi connectivity index (χ3v) is 4.99. The molecule has 0 aromatic heterocycles. The highest BCUT2D eigenvalue weighted by molar-refractivity contribution is 7.88. The van der Waals surface area contributed by atoms with Crippen molar-refractivity contribution in [3.05, 3.63) is 29.8 Å². The van der Waals surface area contributed by atoms with E-state index in [1.54, 1.807) is 24.3 Å². The molecule has 5 N–H and O–H groups in total. The Morgan fingerprint density at radius 3 is 2.83 bits per heavy atom. The van der Waals surface area contributed by atoms with E-state index in [4.69, 9.17) is 19.3 Å². The monoisotopic (exact) mass is 425 g/mol. The number of para-hydroxylation sites is 1. The molecule has 2 aliphatic rings. The fourth-order valence-electron chi connectivity index (χ4n) is 3.43. The van der Waals surface area contributed by atoms with E-state index in [1.807, 2.05) is 0 Å². The maximum atomic E-state index is 12.5. The van der Waals surface area contributed by atoms with Crippen LogP contribution in [0, 0.1) is 0 Å². The average molecular weight is 425 g/mol. The van der Waals surface area contributed by atoms with Crippen molar-refractivity contribution in [3.8, 4) is 5.75 Å². The largest absolute Gasteiger partial charge is 0.492 e. The summed E-state index contributed by atoms with van der Waals surface area (Å²) >= 11 is 0.0859. The van der Waals surface area contributed by atoms with Crippen LogP contribution in [0.3, 0.4) is 0 Å². The summed E-state index contributed by atoms with van der Waals surface area (Å²) < 4.78 is 19.2. The normalized spacial score (nSPS) is 20.6. The number of nitrogens with two attached hydrogens (primary N) is 1. The van der Waals surface area contributed by atoms with Crippen molar-refractivity contribution in [1.82, 2.24) is 20.8 Å². The number of amides is 4. The SMILES string of the molecule is NCCOc1ccccc1CC(=O)NNC(=O)[C@@H]1CCC2CN1C(=O)N2OSO. The molecule has 2 saturated heterocycles. The molecule has 1 aromatic carbocycles. The second-order valence-electron chi connectivity index (χ2n) is 6.62. The molecule has 2 heterocycles. The first kappa shape index (κ1) is 21.2. The summed E-state index contributed by atoms with van der Waals surface area (Å²) in [5.41, 5.74) is 10.9. The molecule has 2 bridgehead atoms. The van der Waals surface area contributed by atoms with Crippen molar-refractivity contribution in [3.63, 3.8) is 0 Å². The number of ether oxygens (including phenoxy) is 1. The van der Waals surface area contributed by atoms with Gasteiger partial charge in [0.25, 0.3) is 5.91 Å². The van der Waals surface area contributed by atoms with Gasteiger partial charge >= 0.3 is 6.03 Å². The van der Waals surface area contributed by atoms with Crippen LogP contribution in [0.1, 0.15) is 18.4 Å². The smallest absolute Gasteiger partial charge is 0.346 e. The number of hydroxylamine groups is 2. The Hall–Kier alpha value is -2.54. The Balaban J connectivity index is 1.52. The topological polar surface area (TPSA) is 146 Å². The van der Waals surface area contributed by atoms with Crippen molar-refractivity contribution in [2.24, 2.45) is 5.73 Å². The van der Waals surface area contributed by atoms with Gasteiger partial charge in [-0.3, -0.25) is 20.4 Å². The molecular formula is C17H23N5O6S. The van der Waals surface area contributed by atoms with E-state index in [9.17, 15) is 14.4 Å². The molecule has 0 saturated carbocycles. The Morgan fingerprint density at radius 1 is 1.28 bits per heavy atom. The van der Waals surface area contributed by atoms with Crippen LogP contribution in [-0.2, 0) is 20.3 Å². The quantitative estimate of drug-likeness (QED) is 0.337. The lowest BCUT2D eigenvalue weighted by atomic mass is 10.0. The Labute approximate surface area is 171 Å². The molecule has 2 aliphatic heterocycles. The fraction of sp³-hybridized carbons (Fsp3) is 0.471. The second kappa shape index (κ2) is 9.78. The minimum atomic E-state index is -0.725. The zero-order chi connectivity index (χ0) is 20.8. The molecule has 0 aliphatic carbocycles. The second-order valence-corrected chi connectivity index (χ2v) is 6.91. The van der Waals surface area contributed by atoms with Crippen LogP contribution in [0.5, 0.6) is 5.75 Å². The lowest BCUT2D eigenvalue weighted by Gasteiger charge is -2.29. The minimum absolute atomic E-state index is 0.00571. The fourth-order valence-corrected chi connectivity index (χ4v) is 3.69. The number of hydrazine groups is 1. The predicted octanol–water partition coefficient (Wildman–Crippen LogP) is 0.0354. The van der Waals surface area contributed by atoms with Crippen LogP contribution >= 0.6 is 12.3 Å². The first-order valence-corrected chi connectivity index (χ1v) is 9.82. The van der Waals surface area contributed by atoms with E-state index in [0.717, 1.165) is 5.06 Å². The van der Waals surface area contributed by atoms with Crippen LogP contribution < -0.4 is 21.3 Å². The van der Waals surface area contributed by atoms with Gasteiger partial charge < -0.3 is 19.9 Å². The first-order valence-electron chi connectivity index (χ1n) is 9.12. The number of fused-ring (bicyclic) bond motifs is 2. The van der Waals surface area contributed by atoms with Crippen molar-refractivity contribution >= 4 is 30.2 Å². The molecule has 4 amide bonds. The minimum Gasteiger partial charge on any atom is -0.492 e. The van der Waals surface area contributed by atoms with E-state index in [1.165, 1.54) is 4.90 Å². The number of hydrogen-bond donors (Lipinski definition) is 4. The number of rotatable bonds is 8. The standard InChI is InChI=1S/C17H23N5O6S/c18-7-8-27-14-4-2-1-3-11(14)9-15(23)19-20-16(24)13-6-5-12-10-21(13)17(25)22(12)28-29-26/h1-4,12-13,26H,5-10,18H2,(H,19,23)(H,20,24)/t12?,13-/m0/s1. The Bertz CT molecular complexity index is 766. The Morgan fingerprint density at radius 2 is 2.07 bits per heavy atom. The van der Waals surface area contributed by atoms with Gasteiger partial charge in [0.2, 0.25) is 5.91 Å². The molecule has 1 aromatic rings. The third kappa shape index (κ3) is 4.90. The molecule has 0 spiro atoms. The van der Waals surface area contributed by atoms with E-state index in [-0.39, 0.29) is 24.8 Å². The molecule has 3 rings (SSSR count). The van der Waals surface area contributed by atoms with Crippen molar-refractivity contribution < 1.29 is 28.0 Å². The zero-order valence-electron chi connectivity index (χ0n) is 15.6. The third-order valence-electron chi connectivity index (χ3n) is 4.76. The number of nitrogens with zero attached hydrogens (tertiary/aromatic N) is 2. The van der Waals surface area contributed by atoms with E-state index >= 15 is 0 Å². The summed E-state index contributed by atoms with van der Waals surface area (Å²) in [6, 6.07) is 5.64. The van der Waals surface area contributed by atoms with E-state index < -0.39 is 23.9 Å².